The van der Waals surface area contributed by atoms with Crippen LogP contribution in [0, 0.1) is 17.7 Å². The molecule has 0 radical (unpaired) electrons. The van der Waals surface area contributed by atoms with Gasteiger partial charge >= 0.3 is 0 Å². The molecule has 0 atom stereocenters. The van der Waals surface area contributed by atoms with E-state index in [1.54, 1.807) is 37.4 Å². The van der Waals surface area contributed by atoms with Crippen molar-refractivity contribution in [2.75, 3.05) is 7.11 Å². The van der Waals surface area contributed by atoms with Gasteiger partial charge in [-0.3, -0.25) is 4.79 Å². The molecule has 0 saturated heterocycles. The molecule has 138 valence electrons. The first-order valence-corrected chi connectivity index (χ1v) is 8.96. The van der Waals surface area contributed by atoms with Crippen LogP contribution in [0.5, 0.6) is 5.75 Å². The van der Waals surface area contributed by atoms with Crippen LogP contribution in [0.25, 0.3) is 0 Å². The van der Waals surface area contributed by atoms with Crippen LogP contribution in [0.3, 0.4) is 0 Å². The molecule has 1 aliphatic heterocycles. The van der Waals surface area contributed by atoms with Gasteiger partial charge in [0.15, 0.2) is 0 Å². The fourth-order valence-corrected chi connectivity index (χ4v) is 3.27. The molecule has 1 amide bonds. The number of methoxy groups -OCH3 is 1. The van der Waals surface area contributed by atoms with Crippen LogP contribution in [0.2, 0.25) is 0 Å². The fraction of sp³-hybridized carbons (Fsp3) is 0.125. The molecule has 0 unspecified atom stereocenters. The van der Waals surface area contributed by atoms with E-state index < -0.39 is 0 Å². The average molecular weight is 371 g/mol. The van der Waals surface area contributed by atoms with Crippen molar-refractivity contribution in [3.05, 3.63) is 100 Å². The van der Waals surface area contributed by atoms with E-state index in [0.717, 1.165) is 0 Å². The zero-order valence-electron chi connectivity index (χ0n) is 15.4. The quantitative estimate of drug-likeness (QED) is 0.626. The molecule has 3 aromatic carbocycles. The lowest BCUT2D eigenvalue weighted by atomic mass is 10.1. The largest absolute Gasteiger partial charge is 0.495 e. The molecule has 1 heterocycles. The Morgan fingerprint density at radius 1 is 0.964 bits per heavy atom. The van der Waals surface area contributed by atoms with Gasteiger partial charge in [-0.25, -0.2) is 4.39 Å². The number of amides is 1. The lowest BCUT2D eigenvalue weighted by Crippen LogP contribution is -2.25. The summed E-state index contributed by atoms with van der Waals surface area (Å²) in [6, 6.07) is 19.3. The van der Waals surface area contributed by atoms with Crippen LogP contribution in [0.15, 0.2) is 66.7 Å². The van der Waals surface area contributed by atoms with Gasteiger partial charge in [0.2, 0.25) is 0 Å². The van der Waals surface area contributed by atoms with Crippen molar-refractivity contribution >= 4 is 5.91 Å². The summed E-state index contributed by atoms with van der Waals surface area (Å²) in [5.41, 5.74) is 4.24. The van der Waals surface area contributed by atoms with E-state index in [9.17, 15) is 9.18 Å². The molecule has 4 heteroatoms. The number of halogens is 1. The highest BCUT2D eigenvalue weighted by Gasteiger charge is 2.24. The van der Waals surface area contributed by atoms with Gasteiger partial charge in [0.1, 0.15) is 11.6 Å². The number of carbonyl (C=O) groups is 1. The minimum absolute atomic E-state index is 0.0383. The molecule has 0 saturated carbocycles. The third kappa shape index (κ3) is 3.60. The van der Waals surface area contributed by atoms with Crippen LogP contribution in [-0.4, -0.2) is 17.9 Å². The predicted molar refractivity (Wildman–Crippen MR) is 105 cm³/mol. The zero-order valence-corrected chi connectivity index (χ0v) is 15.4. The van der Waals surface area contributed by atoms with Gasteiger partial charge in [-0.1, -0.05) is 36.1 Å². The van der Waals surface area contributed by atoms with Gasteiger partial charge in [0.25, 0.3) is 5.91 Å². The second-order valence-electron chi connectivity index (χ2n) is 6.60. The molecule has 1 aliphatic rings. The van der Waals surface area contributed by atoms with Gasteiger partial charge in [-0.2, -0.15) is 0 Å². The van der Waals surface area contributed by atoms with Gasteiger partial charge in [-0.05, 0) is 53.6 Å². The van der Waals surface area contributed by atoms with Crippen molar-refractivity contribution < 1.29 is 13.9 Å². The molecule has 0 aliphatic carbocycles. The van der Waals surface area contributed by atoms with Crippen LogP contribution < -0.4 is 4.74 Å². The van der Waals surface area contributed by atoms with Crippen molar-refractivity contribution in [2.45, 2.75) is 13.1 Å². The Kier molecular flexibility index (Phi) is 4.82. The highest BCUT2D eigenvalue weighted by Crippen LogP contribution is 2.26. The number of nitrogens with zero attached hydrogens (tertiary/aromatic N) is 1. The summed E-state index contributed by atoms with van der Waals surface area (Å²) in [6.45, 7) is 1.22. The van der Waals surface area contributed by atoms with E-state index in [2.05, 4.69) is 24.0 Å². The molecule has 0 bridgehead atoms. The Labute approximate surface area is 163 Å². The van der Waals surface area contributed by atoms with Gasteiger partial charge in [-0.15, -0.1) is 0 Å². The van der Waals surface area contributed by atoms with Crippen LogP contribution in [-0.2, 0) is 13.1 Å². The molecule has 0 aromatic heterocycles. The molecule has 0 fully saturated rings. The van der Waals surface area contributed by atoms with Gasteiger partial charge in [0.05, 0.1) is 12.7 Å². The molecule has 4 rings (SSSR count). The number of benzene rings is 3. The van der Waals surface area contributed by atoms with Crippen LogP contribution >= 0.6 is 0 Å². The minimum Gasteiger partial charge on any atom is -0.495 e. The van der Waals surface area contributed by atoms with E-state index in [4.69, 9.17) is 4.74 Å². The lowest BCUT2D eigenvalue weighted by molar-refractivity contribution is 0.0751. The number of hydrogen-bond acceptors (Lipinski definition) is 2. The zero-order chi connectivity index (χ0) is 19.5. The monoisotopic (exact) mass is 371 g/mol. The Balaban J connectivity index is 1.60. The van der Waals surface area contributed by atoms with E-state index >= 15 is 0 Å². The SMILES string of the molecule is COc1ccc(C(=O)N2Cc3ccccc3C2)cc1C#Cc1ccc(F)cc1. The molecule has 28 heavy (non-hydrogen) atoms. The summed E-state index contributed by atoms with van der Waals surface area (Å²) in [4.78, 5) is 14.8. The Bertz CT molecular complexity index is 1070. The topological polar surface area (TPSA) is 29.5 Å². The number of carbonyl (C=O) groups excluding carboxylic acids is 1. The van der Waals surface area contributed by atoms with Crippen molar-refractivity contribution in [3.8, 4) is 17.6 Å². The maximum Gasteiger partial charge on any atom is 0.254 e. The first kappa shape index (κ1) is 17.8. The lowest BCUT2D eigenvalue weighted by Gasteiger charge is -2.16. The predicted octanol–water partition coefficient (Wildman–Crippen LogP) is 4.39. The normalized spacial score (nSPS) is 12.1. The maximum atomic E-state index is 13.0. The van der Waals surface area contributed by atoms with Crippen molar-refractivity contribution in [1.82, 2.24) is 4.90 Å². The second kappa shape index (κ2) is 7.58. The number of fused-ring (bicyclic) bond motifs is 1. The highest BCUT2D eigenvalue weighted by atomic mass is 19.1. The Morgan fingerprint density at radius 2 is 1.64 bits per heavy atom. The van der Waals surface area contributed by atoms with Gasteiger partial charge < -0.3 is 9.64 Å². The molecule has 0 spiro atoms. The Hall–Kier alpha value is -3.58. The third-order valence-electron chi connectivity index (χ3n) is 4.76. The van der Waals surface area contributed by atoms with E-state index in [1.165, 1.54) is 23.3 Å². The van der Waals surface area contributed by atoms with Gasteiger partial charge in [0, 0.05) is 24.2 Å². The fourth-order valence-electron chi connectivity index (χ4n) is 3.27. The summed E-state index contributed by atoms with van der Waals surface area (Å²) in [7, 11) is 1.57. The standard InChI is InChI=1S/C24H18FNO2/c1-28-23-13-10-19(14-18(23)9-6-17-7-11-22(25)12-8-17)24(27)26-15-20-4-2-3-5-21(20)16-26/h2-5,7-8,10-14H,15-16H2,1H3. The first-order chi connectivity index (χ1) is 13.6. The highest BCUT2D eigenvalue weighted by molar-refractivity contribution is 5.95. The number of rotatable bonds is 2. The van der Waals surface area contributed by atoms with Crippen molar-refractivity contribution in [1.29, 1.82) is 0 Å². The molecule has 0 N–H and O–H groups in total. The van der Waals surface area contributed by atoms with Crippen LogP contribution in [0.1, 0.15) is 32.6 Å². The van der Waals surface area contributed by atoms with Crippen molar-refractivity contribution in [3.63, 3.8) is 0 Å². The van der Waals surface area contributed by atoms with Crippen molar-refractivity contribution in [2.24, 2.45) is 0 Å². The summed E-state index contributed by atoms with van der Waals surface area (Å²) < 4.78 is 18.4. The van der Waals surface area contributed by atoms with E-state index in [1.807, 2.05) is 17.0 Å². The van der Waals surface area contributed by atoms with Crippen LogP contribution in [0.4, 0.5) is 4.39 Å². The minimum atomic E-state index is -0.303. The van der Waals surface area contributed by atoms with E-state index in [0.29, 0.717) is 35.5 Å². The molecule has 3 nitrogen and oxygen atoms in total. The van der Waals surface area contributed by atoms with E-state index in [-0.39, 0.29) is 11.7 Å². The number of hydrogen-bond donors (Lipinski definition) is 0. The number of ether oxygens (including phenoxy) is 1. The molecular formula is C24H18FNO2. The summed E-state index contributed by atoms with van der Waals surface area (Å²) in [5.74, 6) is 6.28. The second-order valence-corrected chi connectivity index (χ2v) is 6.60. The smallest absolute Gasteiger partial charge is 0.254 e. The summed E-state index contributed by atoms with van der Waals surface area (Å²) in [6.07, 6.45) is 0. The summed E-state index contributed by atoms with van der Waals surface area (Å²) in [5, 5.41) is 0. The molecular weight excluding hydrogens is 353 g/mol. The molecule has 3 aromatic rings. The first-order valence-electron chi connectivity index (χ1n) is 8.96. The summed E-state index contributed by atoms with van der Waals surface area (Å²) >= 11 is 0. The average Bonchev–Trinajstić information content (AvgIpc) is 3.17. The third-order valence-corrected chi connectivity index (χ3v) is 4.76. The Morgan fingerprint density at radius 3 is 2.29 bits per heavy atom. The maximum absolute atomic E-state index is 13.0.